The van der Waals surface area contributed by atoms with Gasteiger partial charge in [-0.3, -0.25) is 4.79 Å². The minimum absolute atomic E-state index is 0.00164. The number of carbonyl (C=O) groups is 1. The number of methoxy groups -OCH3 is 1. The highest BCUT2D eigenvalue weighted by Crippen LogP contribution is 2.33. The number of hydrogen-bond acceptors (Lipinski definition) is 2. The molecule has 0 bridgehead atoms. The average molecular weight is 298 g/mol. The molecule has 21 heavy (non-hydrogen) atoms. The van der Waals surface area contributed by atoms with Crippen LogP contribution in [0.4, 0.5) is 17.6 Å². The van der Waals surface area contributed by atoms with Gasteiger partial charge in [0.25, 0.3) is 0 Å². The lowest BCUT2D eigenvalue weighted by Crippen LogP contribution is -2.13. The van der Waals surface area contributed by atoms with Gasteiger partial charge in [-0.05, 0) is 24.3 Å². The Labute approximate surface area is 118 Å². The van der Waals surface area contributed by atoms with E-state index < -0.39 is 28.9 Å². The van der Waals surface area contributed by atoms with Crippen molar-refractivity contribution in [1.82, 2.24) is 0 Å². The van der Waals surface area contributed by atoms with Crippen LogP contribution in [0.25, 0.3) is 0 Å². The van der Waals surface area contributed by atoms with E-state index in [1.807, 2.05) is 0 Å². The first-order chi connectivity index (χ1) is 9.86. The summed E-state index contributed by atoms with van der Waals surface area (Å²) in [6.45, 7) is 0. The maximum atomic E-state index is 14.0. The molecule has 0 aliphatic carbocycles. The van der Waals surface area contributed by atoms with Gasteiger partial charge >= 0.3 is 6.18 Å². The third kappa shape index (κ3) is 2.89. The van der Waals surface area contributed by atoms with Crippen LogP contribution in [-0.4, -0.2) is 12.9 Å². The zero-order valence-electron chi connectivity index (χ0n) is 10.9. The van der Waals surface area contributed by atoms with Gasteiger partial charge in [0.1, 0.15) is 11.6 Å². The smallest absolute Gasteiger partial charge is 0.419 e. The zero-order chi connectivity index (χ0) is 15.6. The fourth-order valence-corrected chi connectivity index (χ4v) is 1.90. The Balaban J connectivity index is 2.55. The summed E-state index contributed by atoms with van der Waals surface area (Å²) < 4.78 is 56.9. The maximum absolute atomic E-state index is 14.0. The van der Waals surface area contributed by atoms with E-state index in [4.69, 9.17) is 4.74 Å². The van der Waals surface area contributed by atoms with Crippen LogP contribution < -0.4 is 4.74 Å². The van der Waals surface area contributed by atoms with Crippen LogP contribution in [0, 0.1) is 5.82 Å². The lowest BCUT2D eigenvalue weighted by atomic mass is 9.99. The molecule has 2 nitrogen and oxygen atoms in total. The molecule has 0 aliphatic rings. The second-order valence-corrected chi connectivity index (χ2v) is 4.19. The van der Waals surface area contributed by atoms with Gasteiger partial charge in [-0.1, -0.05) is 18.2 Å². The summed E-state index contributed by atoms with van der Waals surface area (Å²) in [6, 6.07) is 8.54. The summed E-state index contributed by atoms with van der Waals surface area (Å²) in [5.41, 5.74) is -2.12. The SMILES string of the molecule is COc1ccccc1C(=O)c1cccc(C(F)(F)F)c1F. The Morgan fingerprint density at radius 1 is 1.00 bits per heavy atom. The molecular weight excluding hydrogens is 288 g/mol. The molecule has 0 N–H and O–H groups in total. The zero-order valence-corrected chi connectivity index (χ0v) is 10.9. The van der Waals surface area contributed by atoms with E-state index in [0.29, 0.717) is 6.07 Å². The van der Waals surface area contributed by atoms with Gasteiger partial charge in [0.2, 0.25) is 0 Å². The van der Waals surface area contributed by atoms with Crippen molar-refractivity contribution in [3.05, 3.63) is 65.0 Å². The van der Waals surface area contributed by atoms with Crippen molar-refractivity contribution in [2.24, 2.45) is 0 Å². The van der Waals surface area contributed by atoms with Gasteiger partial charge < -0.3 is 4.74 Å². The normalized spacial score (nSPS) is 11.3. The van der Waals surface area contributed by atoms with Crippen LogP contribution in [0.1, 0.15) is 21.5 Å². The standard InChI is InChI=1S/C15H10F4O2/c1-21-12-8-3-2-5-9(12)14(20)10-6-4-7-11(13(10)16)15(17,18)19/h2-8H,1H3. The summed E-state index contributed by atoms with van der Waals surface area (Å²) in [4.78, 5) is 12.2. The molecule has 2 aromatic carbocycles. The highest BCUT2D eigenvalue weighted by molar-refractivity contribution is 6.11. The molecule has 0 radical (unpaired) electrons. The molecule has 0 fully saturated rings. The minimum Gasteiger partial charge on any atom is -0.496 e. The van der Waals surface area contributed by atoms with Crippen LogP contribution in [0.15, 0.2) is 42.5 Å². The van der Waals surface area contributed by atoms with Crippen molar-refractivity contribution in [3.63, 3.8) is 0 Å². The third-order valence-corrected chi connectivity index (χ3v) is 2.90. The monoisotopic (exact) mass is 298 g/mol. The highest BCUT2D eigenvalue weighted by Gasteiger charge is 2.36. The van der Waals surface area contributed by atoms with Gasteiger partial charge in [0.15, 0.2) is 5.78 Å². The Morgan fingerprint density at radius 2 is 1.62 bits per heavy atom. The third-order valence-electron chi connectivity index (χ3n) is 2.90. The van der Waals surface area contributed by atoms with Crippen molar-refractivity contribution in [3.8, 4) is 5.75 Å². The van der Waals surface area contributed by atoms with Gasteiger partial charge in [-0.2, -0.15) is 13.2 Å². The number of para-hydroxylation sites is 1. The van der Waals surface area contributed by atoms with Crippen LogP contribution in [0.3, 0.4) is 0 Å². The Morgan fingerprint density at radius 3 is 2.24 bits per heavy atom. The first-order valence-corrected chi connectivity index (χ1v) is 5.89. The fourth-order valence-electron chi connectivity index (χ4n) is 1.90. The minimum atomic E-state index is -4.86. The Bertz CT molecular complexity index is 678. The van der Waals surface area contributed by atoms with Gasteiger partial charge in [0, 0.05) is 0 Å². The molecule has 2 aromatic rings. The molecule has 0 unspecified atom stereocenters. The number of hydrogen-bond donors (Lipinski definition) is 0. The number of alkyl halides is 3. The van der Waals surface area contributed by atoms with Crippen molar-refractivity contribution in [1.29, 1.82) is 0 Å². The summed E-state index contributed by atoms with van der Waals surface area (Å²) in [6.07, 6.45) is -4.86. The van der Waals surface area contributed by atoms with Crippen molar-refractivity contribution < 1.29 is 27.1 Å². The number of ether oxygens (including phenoxy) is 1. The van der Waals surface area contributed by atoms with E-state index >= 15 is 0 Å². The molecule has 0 spiro atoms. The van der Waals surface area contributed by atoms with Crippen LogP contribution in [0.5, 0.6) is 5.75 Å². The van der Waals surface area contributed by atoms with Crippen molar-refractivity contribution in [2.75, 3.05) is 7.11 Å². The van der Waals surface area contributed by atoms with E-state index in [0.717, 1.165) is 12.1 Å². The average Bonchev–Trinajstić information content (AvgIpc) is 2.45. The quantitative estimate of drug-likeness (QED) is 0.630. The molecule has 0 saturated carbocycles. The number of ketones is 1. The molecule has 2 rings (SSSR count). The van der Waals surface area contributed by atoms with Gasteiger partial charge in [-0.15, -0.1) is 0 Å². The summed E-state index contributed by atoms with van der Waals surface area (Å²) in [5, 5.41) is 0. The second kappa shape index (κ2) is 5.55. The summed E-state index contributed by atoms with van der Waals surface area (Å²) in [5.74, 6) is -2.28. The maximum Gasteiger partial charge on any atom is 0.419 e. The topological polar surface area (TPSA) is 26.3 Å². The van der Waals surface area contributed by atoms with E-state index in [1.165, 1.54) is 25.3 Å². The van der Waals surface area contributed by atoms with Crippen LogP contribution in [-0.2, 0) is 6.18 Å². The lowest BCUT2D eigenvalue weighted by molar-refractivity contribution is -0.140. The van der Waals surface area contributed by atoms with Crippen molar-refractivity contribution >= 4 is 5.78 Å². The van der Waals surface area contributed by atoms with Gasteiger partial charge in [-0.25, -0.2) is 4.39 Å². The summed E-state index contributed by atoms with van der Waals surface area (Å²) >= 11 is 0. The Kier molecular flexibility index (Phi) is 3.97. The molecule has 6 heteroatoms. The predicted octanol–water partition coefficient (Wildman–Crippen LogP) is 4.08. The van der Waals surface area contributed by atoms with Crippen LogP contribution >= 0.6 is 0 Å². The highest BCUT2D eigenvalue weighted by atomic mass is 19.4. The first kappa shape index (κ1) is 15.0. The molecular formula is C15H10F4O2. The van der Waals surface area contributed by atoms with E-state index in [1.54, 1.807) is 6.07 Å². The number of halogens is 4. The fraction of sp³-hybridized carbons (Fsp3) is 0.133. The largest absolute Gasteiger partial charge is 0.496 e. The van der Waals surface area contributed by atoms with E-state index in [9.17, 15) is 22.4 Å². The number of rotatable bonds is 3. The molecule has 0 saturated heterocycles. The first-order valence-electron chi connectivity index (χ1n) is 5.89. The molecule has 0 aliphatic heterocycles. The van der Waals surface area contributed by atoms with E-state index in [2.05, 4.69) is 0 Å². The van der Waals surface area contributed by atoms with Crippen LogP contribution in [0.2, 0.25) is 0 Å². The van der Waals surface area contributed by atoms with E-state index in [-0.39, 0.29) is 11.3 Å². The molecule has 0 heterocycles. The molecule has 0 amide bonds. The lowest BCUT2D eigenvalue weighted by Gasteiger charge is -2.12. The van der Waals surface area contributed by atoms with Crippen molar-refractivity contribution in [2.45, 2.75) is 6.18 Å². The van der Waals surface area contributed by atoms with Gasteiger partial charge in [0.05, 0.1) is 23.8 Å². The second-order valence-electron chi connectivity index (χ2n) is 4.19. The molecule has 0 atom stereocenters. The molecule has 0 aromatic heterocycles. The number of carbonyl (C=O) groups excluding carboxylic acids is 1. The predicted molar refractivity (Wildman–Crippen MR) is 67.8 cm³/mol. The summed E-state index contributed by atoms with van der Waals surface area (Å²) in [7, 11) is 1.31. The molecule has 110 valence electrons. The number of benzene rings is 2. The Hall–Kier alpha value is -2.37.